The smallest absolute Gasteiger partial charge is 0.144 e. The Hall–Kier alpha value is -1.42. The lowest BCUT2D eigenvalue weighted by Crippen LogP contribution is -2.10. The molecule has 0 saturated heterocycles. The molecule has 4 heteroatoms. The quantitative estimate of drug-likeness (QED) is 0.500. The highest BCUT2D eigenvalue weighted by Gasteiger charge is 2.07. The Bertz CT molecular complexity index is 380. The zero-order chi connectivity index (χ0) is 14.3. The van der Waals surface area contributed by atoms with Gasteiger partial charge in [-0.05, 0) is 44.7 Å². The van der Waals surface area contributed by atoms with E-state index in [1.807, 2.05) is 39.0 Å². The lowest BCUT2D eigenvalue weighted by molar-refractivity contribution is 0.229. The number of rotatable bonds is 8. The Kier molecular flexibility index (Phi) is 6.50. The molecule has 0 aromatic heterocycles. The number of anilines is 2. The van der Waals surface area contributed by atoms with Crippen molar-refractivity contribution >= 4 is 11.4 Å². The molecule has 0 bridgehead atoms. The first kappa shape index (κ1) is 15.6. The predicted molar refractivity (Wildman–Crippen MR) is 80.6 cm³/mol. The van der Waals surface area contributed by atoms with Crippen LogP contribution in [0.25, 0.3) is 0 Å². The Labute approximate surface area is 116 Å². The number of aliphatic hydroxyl groups excluding tert-OH is 1. The first-order valence-electron chi connectivity index (χ1n) is 6.94. The molecule has 4 N–H and O–H groups in total. The normalized spacial score (nSPS) is 12.5. The molecule has 1 aromatic carbocycles. The molecule has 1 atom stereocenters. The van der Waals surface area contributed by atoms with E-state index in [2.05, 4.69) is 5.32 Å². The van der Waals surface area contributed by atoms with Crippen molar-refractivity contribution in [1.29, 1.82) is 0 Å². The minimum Gasteiger partial charge on any atom is -0.489 e. The molecule has 0 radical (unpaired) electrons. The van der Waals surface area contributed by atoms with Gasteiger partial charge in [0.1, 0.15) is 5.75 Å². The van der Waals surface area contributed by atoms with Crippen molar-refractivity contribution in [3.63, 3.8) is 0 Å². The van der Waals surface area contributed by atoms with Gasteiger partial charge < -0.3 is 20.9 Å². The molecule has 0 aliphatic rings. The van der Waals surface area contributed by atoms with Gasteiger partial charge in [-0.2, -0.15) is 0 Å². The third-order valence-electron chi connectivity index (χ3n) is 2.93. The van der Waals surface area contributed by atoms with Gasteiger partial charge >= 0.3 is 0 Å². The van der Waals surface area contributed by atoms with Crippen LogP contribution < -0.4 is 15.8 Å². The van der Waals surface area contributed by atoms with Gasteiger partial charge in [-0.15, -0.1) is 0 Å². The SMILES string of the molecule is CC(CO)CCCNc1cccc(OC(C)C)c1N. The summed E-state index contributed by atoms with van der Waals surface area (Å²) in [7, 11) is 0. The Balaban J connectivity index is 2.49. The topological polar surface area (TPSA) is 67.5 Å². The van der Waals surface area contributed by atoms with E-state index in [-0.39, 0.29) is 12.7 Å². The van der Waals surface area contributed by atoms with Crippen molar-refractivity contribution in [3.8, 4) is 5.75 Å². The zero-order valence-electron chi connectivity index (χ0n) is 12.1. The number of hydrogen-bond acceptors (Lipinski definition) is 4. The van der Waals surface area contributed by atoms with Gasteiger partial charge in [-0.25, -0.2) is 0 Å². The maximum absolute atomic E-state index is 8.96. The van der Waals surface area contributed by atoms with Crippen LogP contribution in [0.15, 0.2) is 18.2 Å². The van der Waals surface area contributed by atoms with Gasteiger partial charge in [0, 0.05) is 13.2 Å². The van der Waals surface area contributed by atoms with Crippen LogP contribution in [-0.2, 0) is 0 Å². The molecular formula is C15H26N2O2. The van der Waals surface area contributed by atoms with Gasteiger partial charge in [-0.1, -0.05) is 13.0 Å². The van der Waals surface area contributed by atoms with Gasteiger partial charge in [0.25, 0.3) is 0 Å². The minimum atomic E-state index is 0.114. The number of para-hydroxylation sites is 1. The minimum absolute atomic E-state index is 0.114. The van der Waals surface area contributed by atoms with Crippen molar-refractivity contribution in [1.82, 2.24) is 0 Å². The monoisotopic (exact) mass is 266 g/mol. The predicted octanol–water partition coefficient (Wildman–Crippen LogP) is 2.88. The summed E-state index contributed by atoms with van der Waals surface area (Å²) in [5.41, 5.74) is 7.64. The summed E-state index contributed by atoms with van der Waals surface area (Å²) in [5.74, 6) is 1.08. The third kappa shape index (κ3) is 5.39. The van der Waals surface area contributed by atoms with E-state index in [1.54, 1.807) is 0 Å². The number of aliphatic hydroxyl groups is 1. The van der Waals surface area contributed by atoms with Crippen LogP contribution in [0, 0.1) is 5.92 Å². The number of nitrogens with two attached hydrogens (primary N) is 1. The van der Waals surface area contributed by atoms with Gasteiger partial charge in [0.2, 0.25) is 0 Å². The van der Waals surface area contributed by atoms with Crippen LogP contribution in [0.2, 0.25) is 0 Å². The van der Waals surface area contributed by atoms with Crippen molar-refractivity contribution < 1.29 is 9.84 Å². The number of nitrogen functional groups attached to an aromatic ring is 1. The second-order valence-corrected chi connectivity index (χ2v) is 5.24. The Morgan fingerprint density at radius 1 is 1.32 bits per heavy atom. The first-order valence-corrected chi connectivity index (χ1v) is 6.94. The Morgan fingerprint density at radius 2 is 2.05 bits per heavy atom. The van der Waals surface area contributed by atoms with E-state index < -0.39 is 0 Å². The molecule has 4 nitrogen and oxygen atoms in total. The summed E-state index contributed by atoms with van der Waals surface area (Å²) in [5, 5.41) is 12.3. The summed E-state index contributed by atoms with van der Waals surface area (Å²) in [6, 6.07) is 5.78. The molecule has 0 heterocycles. The van der Waals surface area contributed by atoms with Crippen molar-refractivity contribution in [2.24, 2.45) is 5.92 Å². The van der Waals surface area contributed by atoms with Crippen molar-refractivity contribution in [2.45, 2.75) is 39.7 Å². The highest BCUT2D eigenvalue weighted by atomic mass is 16.5. The van der Waals surface area contributed by atoms with E-state index in [4.69, 9.17) is 15.6 Å². The van der Waals surface area contributed by atoms with Crippen LogP contribution in [0.4, 0.5) is 11.4 Å². The number of benzene rings is 1. The summed E-state index contributed by atoms with van der Waals surface area (Å²) < 4.78 is 5.65. The van der Waals surface area contributed by atoms with E-state index in [9.17, 15) is 0 Å². The van der Waals surface area contributed by atoms with Crippen LogP contribution in [0.3, 0.4) is 0 Å². The van der Waals surface area contributed by atoms with Crippen LogP contribution in [0.5, 0.6) is 5.75 Å². The standard InChI is InChI=1S/C15H26N2O2/c1-11(2)19-14-8-4-7-13(15(14)16)17-9-5-6-12(3)10-18/h4,7-8,11-12,17-18H,5-6,9-10,16H2,1-3H3. The molecule has 0 aliphatic carbocycles. The lowest BCUT2D eigenvalue weighted by Gasteiger charge is -2.16. The lowest BCUT2D eigenvalue weighted by atomic mass is 10.1. The zero-order valence-corrected chi connectivity index (χ0v) is 12.1. The number of ether oxygens (including phenoxy) is 1. The molecule has 0 fully saturated rings. The second-order valence-electron chi connectivity index (χ2n) is 5.24. The van der Waals surface area contributed by atoms with Gasteiger partial charge in [0.15, 0.2) is 0 Å². The summed E-state index contributed by atoms with van der Waals surface area (Å²) in [6.45, 7) is 7.11. The summed E-state index contributed by atoms with van der Waals surface area (Å²) in [6.07, 6.45) is 2.13. The maximum atomic E-state index is 8.96. The van der Waals surface area contributed by atoms with Gasteiger partial charge in [0.05, 0.1) is 17.5 Å². The molecule has 0 aliphatic heterocycles. The maximum Gasteiger partial charge on any atom is 0.144 e. The molecule has 1 unspecified atom stereocenters. The fourth-order valence-corrected chi connectivity index (χ4v) is 1.82. The van der Waals surface area contributed by atoms with E-state index in [1.165, 1.54) is 0 Å². The highest BCUT2D eigenvalue weighted by Crippen LogP contribution is 2.30. The highest BCUT2D eigenvalue weighted by molar-refractivity contribution is 5.72. The molecule has 0 amide bonds. The van der Waals surface area contributed by atoms with Gasteiger partial charge in [-0.3, -0.25) is 0 Å². The summed E-state index contributed by atoms with van der Waals surface area (Å²) in [4.78, 5) is 0. The fourth-order valence-electron chi connectivity index (χ4n) is 1.82. The van der Waals surface area contributed by atoms with Crippen LogP contribution >= 0.6 is 0 Å². The van der Waals surface area contributed by atoms with Crippen molar-refractivity contribution in [3.05, 3.63) is 18.2 Å². The molecule has 0 saturated carbocycles. The van der Waals surface area contributed by atoms with Crippen LogP contribution in [0.1, 0.15) is 33.6 Å². The first-order chi connectivity index (χ1) is 9.04. The third-order valence-corrected chi connectivity index (χ3v) is 2.93. The molecule has 1 aromatic rings. The molecule has 19 heavy (non-hydrogen) atoms. The number of hydrogen-bond donors (Lipinski definition) is 3. The van der Waals surface area contributed by atoms with E-state index in [0.29, 0.717) is 11.6 Å². The molecular weight excluding hydrogens is 240 g/mol. The number of nitrogens with one attached hydrogen (secondary N) is 1. The average molecular weight is 266 g/mol. The molecule has 0 spiro atoms. The van der Waals surface area contributed by atoms with Crippen LogP contribution in [-0.4, -0.2) is 24.4 Å². The van der Waals surface area contributed by atoms with E-state index in [0.717, 1.165) is 30.8 Å². The second kappa shape index (κ2) is 7.89. The fraction of sp³-hybridized carbons (Fsp3) is 0.600. The van der Waals surface area contributed by atoms with Crippen molar-refractivity contribution in [2.75, 3.05) is 24.2 Å². The molecule has 1 rings (SSSR count). The molecule has 108 valence electrons. The Morgan fingerprint density at radius 3 is 2.68 bits per heavy atom. The van der Waals surface area contributed by atoms with E-state index >= 15 is 0 Å². The average Bonchev–Trinajstić information content (AvgIpc) is 2.37. The summed E-state index contributed by atoms with van der Waals surface area (Å²) >= 11 is 0. The largest absolute Gasteiger partial charge is 0.489 e.